The van der Waals surface area contributed by atoms with Crippen LogP contribution >= 0.6 is 0 Å². The van der Waals surface area contributed by atoms with Crippen molar-refractivity contribution in [3.8, 4) is 17.9 Å². The van der Waals surface area contributed by atoms with Gasteiger partial charge in [-0.25, -0.2) is 4.98 Å². The maximum absolute atomic E-state index is 8.78. The average Bonchev–Trinajstić information content (AvgIpc) is 2.88. The second kappa shape index (κ2) is 6.32. The number of nitrogens with one attached hydrogen (secondary N) is 1. The van der Waals surface area contributed by atoms with Gasteiger partial charge in [0.25, 0.3) is 0 Å². The van der Waals surface area contributed by atoms with Crippen LogP contribution in [0.5, 0.6) is 5.75 Å². The van der Waals surface area contributed by atoms with Crippen molar-refractivity contribution in [2.75, 3.05) is 6.61 Å². The predicted molar refractivity (Wildman–Crippen MR) is 84.1 cm³/mol. The number of nitrogens with zero attached hydrogens (tertiary/aromatic N) is 3. The first-order valence-electron chi connectivity index (χ1n) is 7.02. The van der Waals surface area contributed by atoms with E-state index in [0.717, 1.165) is 16.6 Å². The van der Waals surface area contributed by atoms with E-state index in [1.165, 1.54) is 0 Å². The van der Waals surface area contributed by atoms with Crippen LogP contribution in [0.25, 0.3) is 11.0 Å². The number of rotatable bonds is 4. The zero-order valence-electron chi connectivity index (χ0n) is 13.0. The lowest BCUT2D eigenvalue weighted by molar-refractivity contribution is 0.197. The molecule has 0 atom stereocenters. The Hall–Kier alpha value is -2.79. The van der Waals surface area contributed by atoms with Gasteiger partial charge in [-0.2, -0.15) is 10.5 Å². The number of ether oxygens (including phenoxy) is 1. The summed E-state index contributed by atoms with van der Waals surface area (Å²) in [4.78, 5) is 7.42. The molecule has 2 aromatic heterocycles. The summed E-state index contributed by atoms with van der Waals surface area (Å²) in [5, 5.41) is 18.5. The van der Waals surface area contributed by atoms with Crippen molar-refractivity contribution in [2.24, 2.45) is 5.41 Å². The summed E-state index contributed by atoms with van der Waals surface area (Å²) in [7, 11) is 0. The number of pyridine rings is 1. The molecule has 112 valence electrons. The Bertz CT molecular complexity index is 766. The highest BCUT2D eigenvalue weighted by Gasteiger charge is 2.12. The molecule has 0 aliphatic rings. The minimum absolute atomic E-state index is 0.0766. The first-order chi connectivity index (χ1) is 10.4. The maximum Gasteiger partial charge on any atom is 0.138 e. The van der Waals surface area contributed by atoms with E-state index in [4.69, 9.17) is 15.3 Å². The Morgan fingerprint density at radius 3 is 2.73 bits per heavy atom. The third-order valence-corrected chi connectivity index (χ3v) is 3.03. The molecule has 0 radical (unpaired) electrons. The van der Waals surface area contributed by atoms with Crippen molar-refractivity contribution in [3.63, 3.8) is 0 Å². The summed E-state index contributed by atoms with van der Waals surface area (Å²) in [5.74, 6) is 0.716. The SMILES string of the molecule is CC(C)(C)COc1cnc2[nH]cc(CC=C(C#N)C#N)c2c1. The quantitative estimate of drug-likeness (QED) is 0.874. The molecule has 0 aliphatic carbocycles. The van der Waals surface area contributed by atoms with Gasteiger partial charge in [0.1, 0.15) is 29.1 Å². The number of hydrogen-bond donors (Lipinski definition) is 1. The molecule has 5 nitrogen and oxygen atoms in total. The highest BCUT2D eigenvalue weighted by atomic mass is 16.5. The van der Waals surface area contributed by atoms with Crippen molar-refractivity contribution >= 4 is 11.0 Å². The zero-order valence-corrected chi connectivity index (χ0v) is 13.0. The normalized spacial score (nSPS) is 10.8. The standard InChI is InChI=1S/C17H18N4O/c1-17(2,3)11-22-14-6-15-13(5-4-12(7-18)8-19)9-20-16(15)21-10-14/h4,6,9-10H,5,11H2,1-3H3,(H,20,21). The van der Waals surface area contributed by atoms with Gasteiger partial charge in [0.15, 0.2) is 0 Å². The molecule has 0 aliphatic heterocycles. The summed E-state index contributed by atoms with van der Waals surface area (Å²) >= 11 is 0. The van der Waals surface area contributed by atoms with Crippen LogP contribution in [0.4, 0.5) is 0 Å². The first kappa shape index (κ1) is 15.6. The van der Waals surface area contributed by atoms with Gasteiger partial charge in [0, 0.05) is 11.6 Å². The summed E-state index contributed by atoms with van der Waals surface area (Å²) in [6.45, 7) is 6.93. The lowest BCUT2D eigenvalue weighted by Gasteiger charge is -2.18. The fourth-order valence-electron chi connectivity index (χ4n) is 1.91. The van der Waals surface area contributed by atoms with Gasteiger partial charge >= 0.3 is 0 Å². The Balaban J connectivity index is 2.24. The molecule has 22 heavy (non-hydrogen) atoms. The van der Waals surface area contributed by atoms with Crippen LogP contribution in [0.2, 0.25) is 0 Å². The van der Waals surface area contributed by atoms with E-state index in [1.807, 2.05) is 24.4 Å². The van der Waals surface area contributed by atoms with Gasteiger partial charge in [-0.05, 0) is 23.5 Å². The molecule has 0 aromatic carbocycles. The fourth-order valence-corrected chi connectivity index (χ4v) is 1.91. The maximum atomic E-state index is 8.78. The smallest absolute Gasteiger partial charge is 0.138 e. The fraction of sp³-hybridized carbons (Fsp3) is 0.353. The summed E-state index contributed by atoms with van der Waals surface area (Å²) < 4.78 is 5.77. The second-order valence-corrected chi connectivity index (χ2v) is 6.28. The molecule has 2 rings (SSSR count). The van der Waals surface area contributed by atoms with Crippen LogP contribution in [-0.4, -0.2) is 16.6 Å². The Morgan fingerprint density at radius 2 is 2.09 bits per heavy atom. The molecule has 2 heterocycles. The Labute approximate surface area is 129 Å². The van der Waals surface area contributed by atoms with Gasteiger partial charge in [-0.15, -0.1) is 0 Å². The molecule has 0 unspecified atom stereocenters. The second-order valence-electron chi connectivity index (χ2n) is 6.28. The van der Waals surface area contributed by atoms with E-state index in [1.54, 1.807) is 12.3 Å². The average molecular weight is 294 g/mol. The highest BCUT2D eigenvalue weighted by Crippen LogP contribution is 2.24. The monoisotopic (exact) mass is 294 g/mol. The number of nitriles is 2. The first-order valence-corrected chi connectivity index (χ1v) is 7.02. The highest BCUT2D eigenvalue weighted by molar-refractivity contribution is 5.81. The Kier molecular flexibility index (Phi) is 4.48. The molecule has 0 amide bonds. The van der Waals surface area contributed by atoms with E-state index < -0.39 is 0 Å². The molecule has 0 spiro atoms. The van der Waals surface area contributed by atoms with Crippen LogP contribution in [0.15, 0.2) is 30.1 Å². The third-order valence-electron chi connectivity index (χ3n) is 3.03. The van der Waals surface area contributed by atoms with Crippen LogP contribution in [-0.2, 0) is 6.42 Å². The number of hydrogen-bond acceptors (Lipinski definition) is 4. The predicted octanol–water partition coefficient (Wildman–Crippen LogP) is 3.50. The summed E-state index contributed by atoms with van der Waals surface area (Å²) in [6.07, 6.45) is 5.65. The number of allylic oxidation sites excluding steroid dienone is 2. The molecule has 0 bridgehead atoms. The Morgan fingerprint density at radius 1 is 1.36 bits per heavy atom. The van der Waals surface area contributed by atoms with Gasteiger partial charge in [0.2, 0.25) is 0 Å². The van der Waals surface area contributed by atoms with Crippen molar-refractivity contribution < 1.29 is 4.74 Å². The molecule has 1 N–H and O–H groups in total. The molecule has 5 heteroatoms. The van der Waals surface area contributed by atoms with E-state index in [-0.39, 0.29) is 11.0 Å². The van der Waals surface area contributed by atoms with E-state index >= 15 is 0 Å². The number of fused-ring (bicyclic) bond motifs is 1. The number of aromatic amines is 1. The zero-order chi connectivity index (χ0) is 16.2. The molecule has 0 fully saturated rings. The third kappa shape index (κ3) is 3.86. The van der Waals surface area contributed by atoms with Crippen LogP contribution in [0, 0.1) is 28.1 Å². The van der Waals surface area contributed by atoms with Crippen LogP contribution < -0.4 is 4.74 Å². The topological polar surface area (TPSA) is 85.5 Å². The van der Waals surface area contributed by atoms with E-state index in [2.05, 4.69) is 30.7 Å². The van der Waals surface area contributed by atoms with Crippen LogP contribution in [0.3, 0.4) is 0 Å². The molecular formula is C17H18N4O. The lowest BCUT2D eigenvalue weighted by Crippen LogP contribution is -2.16. The van der Waals surface area contributed by atoms with Crippen molar-refractivity contribution in [1.29, 1.82) is 10.5 Å². The largest absolute Gasteiger partial charge is 0.491 e. The van der Waals surface area contributed by atoms with Gasteiger partial charge in [-0.1, -0.05) is 26.8 Å². The van der Waals surface area contributed by atoms with E-state index in [9.17, 15) is 0 Å². The molecular weight excluding hydrogens is 276 g/mol. The van der Waals surface area contributed by atoms with Crippen LogP contribution in [0.1, 0.15) is 26.3 Å². The van der Waals surface area contributed by atoms with Crippen molar-refractivity contribution in [3.05, 3.63) is 35.7 Å². The summed E-state index contributed by atoms with van der Waals surface area (Å²) in [5.41, 5.74) is 1.93. The summed E-state index contributed by atoms with van der Waals surface area (Å²) in [6, 6.07) is 5.66. The minimum atomic E-state index is 0.0766. The van der Waals surface area contributed by atoms with Gasteiger partial charge in [-0.3, -0.25) is 0 Å². The van der Waals surface area contributed by atoms with Crippen molar-refractivity contribution in [1.82, 2.24) is 9.97 Å². The van der Waals surface area contributed by atoms with Crippen molar-refractivity contribution in [2.45, 2.75) is 27.2 Å². The number of H-pyrrole nitrogens is 1. The molecule has 0 saturated heterocycles. The molecule has 2 aromatic rings. The van der Waals surface area contributed by atoms with Gasteiger partial charge < -0.3 is 9.72 Å². The minimum Gasteiger partial charge on any atom is -0.491 e. The number of aromatic nitrogens is 2. The van der Waals surface area contributed by atoms with Gasteiger partial charge in [0.05, 0.1) is 12.8 Å². The molecule has 0 saturated carbocycles. The van der Waals surface area contributed by atoms with E-state index in [0.29, 0.717) is 18.8 Å². The lowest BCUT2D eigenvalue weighted by atomic mass is 9.99.